The maximum absolute atomic E-state index is 12.5. The molecule has 1 aliphatic heterocycles. The zero-order valence-corrected chi connectivity index (χ0v) is 15.0. The smallest absolute Gasteiger partial charge is 0.263 e. The summed E-state index contributed by atoms with van der Waals surface area (Å²) in [5, 5.41) is 3.79. The van der Waals surface area contributed by atoms with Gasteiger partial charge in [-0.25, -0.2) is 0 Å². The van der Waals surface area contributed by atoms with Crippen LogP contribution in [0.15, 0.2) is 24.3 Å². The molecule has 0 radical (unpaired) electrons. The zero-order chi connectivity index (χ0) is 16.9. The molecule has 1 fully saturated rings. The first kappa shape index (κ1) is 18.1. The van der Waals surface area contributed by atoms with Crippen molar-refractivity contribution in [2.45, 2.75) is 51.7 Å². The van der Waals surface area contributed by atoms with Gasteiger partial charge in [0.2, 0.25) is 0 Å². The Balaban J connectivity index is 1.85. The van der Waals surface area contributed by atoms with Gasteiger partial charge in [-0.15, -0.1) is 0 Å². The summed E-state index contributed by atoms with van der Waals surface area (Å²) in [6.07, 6.45) is 3.19. The molecule has 1 N–H and O–H groups in total. The lowest BCUT2D eigenvalue weighted by Crippen LogP contribution is -2.52. The molecule has 1 amide bonds. The molecule has 2 rings (SSSR count). The molecule has 1 aromatic rings. The largest absolute Gasteiger partial charge is 0.478 e. The SMILES string of the molecule is CCCN1CCC(NC(=O)C(C)(C)Oc2ccc(Cl)cc2)CC1. The Kier molecular flexibility index (Phi) is 6.31. The molecule has 1 aromatic carbocycles. The van der Waals surface area contributed by atoms with Crippen molar-refractivity contribution >= 4 is 17.5 Å². The van der Waals surface area contributed by atoms with E-state index in [9.17, 15) is 4.79 Å². The summed E-state index contributed by atoms with van der Waals surface area (Å²) in [6.45, 7) is 9.04. The molecule has 1 aliphatic rings. The predicted octanol–water partition coefficient (Wildman–Crippen LogP) is 3.49. The normalized spacial score (nSPS) is 17.0. The highest BCUT2D eigenvalue weighted by molar-refractivity contribution is 6.30. The lowest BCUT2D eigenvalue weighted by Gasteiger charge is -2.34. The molecule has 128 valence electrons. The first-order valence-corrected chi connectivity index (χ1v) is 8.76. The third kappa shape index (κ3) is 5.40. The zero-order valence-electron chi connectivity index (χ0n) is 14.3. The van der Waals surface area contributed by atoms with Crippen molar-refractivity contribution in [2.24, 2.45) is 0 Å². The Labute approximate surface area is 144 Å². The van der Waals surface area contributed by atoms with E-state index in [-0.39, 0.29) is 11.9 Å². The van der Waals surface area contributed by atoms with Crippen LogP contribution in [0.25, 0.3) is 0 Å². The molecule has 0 aromatic heterocycles. The van der Waals surface area contributed by atoms with Gasteiger partial charge in [0.25, 0.3) is 5.91 Å². The average molecular weight is 339 g/mol. The second-order valence-corrected chi connectivity index (χ2v) is 7.09. The lowest BCUT2D eigenvalue weighted by molar-refractivity contribution is -0.135. The van der Waals surface area contributed by atoms with Crippen LogP contribution < -0.4 is 10.1 Å². The highest BCUT2D eigenvalue weighted by Gasteiger charge is 2.32. The third-order valence-electron chi connectivity index (χ3n) is 4.20. The van der Waals surface area contributed by atoms with Crippen LogP contribution in [0.1, 0.15) is 40.0 Å². The van der Waals surface area contributed by atoms with Gasteiger partial charge >= 0.3 is 0 Å². The quantitative estimate of drug-likeness (QED) is 0.863. The number of piperidine rings is 1. The molecule has 0 saturated carbocycles. The molecular formula is C18H27ClN2O2. The number of hydrogen-bond acceptors (Lipinski definition) is 3. The van der Waals surface area contributed by atoms with Crippen molar-refractivity contribution in [1.29, 1.82) is 0 Å². The minimum absolute atomic E-state index is 0.0682. The molecule has 0 unspecified atom stereocenters. The maximum atomic E-state index is 12.5. The molecule has 4 nitrogen and oxygen atoms in total. The molecule has 1 heterocycles. The van der Waals surface area contributed by atoms with Crippen molar-refractivity contribution in [3.63, 3.8) is 0 Å². The molecule has 0 spiro atoms. The van der Waals surface area contributed by atoms with Gasteiger partial charge in [0, 0.05) is 24.2 Å². The second-order valence-electron chi connectivity index (χ2n) is 6.66. The van der Waals surface area contributed by atoms with Gasteiger partial charge in [-0.2, -0.15) is 0 Å². The number of nitrogens with zero attached hydrogens (tertiary/aromatic N) is 1. The van der Waals surface area contributed by atoms with Gasteiger partial charge in [-0.05, 0) is 63.9 Å². The number of likely N-dealkylation sites (tertiary alicyclic amines) is 1. The van der Waals surface area contributed by atoms with Gasteiger partial charge in [0.05, 0.1) is 0 Å². The van der Waals surface area contributed by atoms with Gasteiger partial charge < -0.3 is 15.0 Å². The van der Waals surface area contributed by atoms with Crippen molar-refractivity contribution in [3.8, 4) is 5.75 Å². The summed E-state index contributed by atoms with van der Waals surface area (Å²) in [5.41, 5.74) is -0.908. The fourth-order valence-corrected chi connectivity index (χ4v) is 2.95. The molecule has 23 heavy (non-hydrogen) atoms. The number of carbonyl (C=O) groups is 1. The van der Waals surface area contributed by atoms with Gasteiger partial charge in [0.15, 0.2) is 5.60 Å². The average Bonchev–Trinajstić information content (AvgIpc) is 2.51. The Morgan fingerprint density at radius 1 is 1.30 bits per heavy atom. The summed E-state index contributed by atoms with van der Waals surface area (Å²) in [5.74, 6) is 0.578. The number of nitrogens with one attached hydrogen (secondary N) is 1. The highest BCUT2D eigenvalue weighted by Crippen LogP contribution is 2.21. The maximum Gasteiger partial charge on any atom is 0.263 e. The monoisotopic (exact) mass is 338 g/mol. The van der Waals surface area contributed by atoms with Crippen molar-refractivity contribution in [1.82, 2.24) is 10.2 Å². The van der Waals surface area contributed by atoms with E-state index in [4.69, 9.17) is 16.3 Å². The van der Waals surface area contributed by atoms with Crippen LogP contribution in [0, 0.1) is 0 Å². The van der Waals surface area contributed by atoms with Crippen molar-refractivity contribution in [2.75, 3.05) is 19.6 Å². The van der Waals surface area contributed by atoms with Crippen LogP contribution in [0.2, 0.25) is 5.02 Å². The number of halogens is 1. The predicted molar refractivity (Wildman–Crippen MR) is 94.1 cm³/mol. The van der Waals surface area contributed by atoms with Gasteiger partial charge in [0.1, 0.15) is 5.75 Å². The Morgan fingerprint density at radius 3 is 2.48 bits per heavy atom. The van der Waals surface area contributed by atoms with Crippen molar-refractivity contribution < 1.29 is 9.53 Å². The van der Waals surface area contributed by atoms with Gasteiger partial charge in [-0.1, -0.05) is 18.5 Å². The van der Waals surface area contributed by atoms with Crippen LogP contribution >= 0.6 is 11.6 Å². The molecule has 0 bridgehead atoms. The number of amides is 1. The van der Waals surface area contributed by atoms with Crippen LogP contribution in [-0.4, -0.2) is 42.1 Å². The van der Waals surface area contributed by atoms with Crippen LogP contribution in [0.4, 0.5) is 0 Å². The number of ether oxygens (including phenoxy) is 1. The fraction of sp³-hybridized carbons (Fsp3) is 0.611. The van der Waals surface area contributed by atoms with E-state index in [0.29, 0.717) is 10.8 Å². The first-order valence-electron chi connectivity index (χ1n) is 8.38. The topological polar surface area (TPSA) is 41.6 Å². The van der Waals surface area contributed by atoms with E-state index < -0.39 is 5.60 Å². The molecule has 0 atom stereocenters. The highest BCUT2D eigenvalue weighted by atomic mass is 35.5. The minimum Gasteiger partial charge on any atom is -0.478 e. The molecule has 5 heteroatoms. The van der Waals surface area contributed by atoms with E-state index in [1.54, 1.807) is 38.1 Å². The standard InChI is InChI=1S/C18H27ClN2O2/c1-4-11-21-12-9-15(10-13-21)20-17(22)18(2,3)23-16-7-5-14(19)6-8-16/h5-8,15H,4,9-13H2,1-3H3,(H,20,22). The van der Waals surface area contributed by atoms with Gasteiger partial charge in [-0.3, -0.25) is 4.79 Å². The van der Waals surface area contributed by atoms with Crippen LogP contribution in [0.5, 0.6) is 5.75 Å². The Bertz CT molecular complexity index is 508. The lowest BCUT2D eigenvalue weighted by atomic mass is 10.0. The summed E-state index contributed by atoms with van der Waals surface area (Å²) >= 11 is 5.87. The summed E-state index contributed by atoms with van der Waals surface area (Å²) in [6, 6.07) is 7.31. The van der Waals surface area contributed by atoms with Crippen LogP contribution in [0.3, 0.4) is 0 Å². The summed E-state index contributed by atoms with van der Waals surface area (Å²) < 4.78 is 5.84. The van der Waals surface area contributed by atoms with Crippen molar-refractivity contribution in [3.05, 3.63) is 29.3 Å². The summed E-state index contributed by atoms with van der Waals surface area (Å²) in [7, 11) is 0. The molecular weight excluding hydrogens is 312 g/mol. The number of benzene rings is 1. The Morgan fingerprint density at radius 2 is 1.91 bits per heavy atom. The second kappa shape index (κ2) is 8.02. The van der Waals surface area contributed by atoms with E-state index in [1.165, 1.54) is 6.42 Å². The number of rotatable bonds is 6. The first-order chi connectivity index (χ1) is 10.9. The van der Waals surface area contributed by atoms with Crippen LogP contribution in [-0.2, 0) is 4.79 Å². The number of hydrogen-bond donors (Lipinski definition) is 1. The van der Waals surface area contributed by atoms with E-state index in [1.807, 2.05) is 0 Å². The summed E-state index contributed by atoms with van der Waals surface area (Å²) in [4.78, 5) is 15.0. The van der Waals surface area contributed by atoms with E-state index >= 15 is 0 Å². The minimum atomic E-state index is -0.908. The molecule has 1 saturated heterocycles. The third-order valence-corrected chi connectivity index (χ3v) is 4.45. The fourth-order valence-electron chi connectivity index (χ4n) is 2.82. The molecule has 0 aliphatic carbocycles. The Hall–Kier alpha value is -1.26. The number of carbonyl (C=O) groups excluding carboxylic acids is 1. The van der Waals surface area contributed by atoms with E-state index in [2.05, 4.69) is 17.1 Å². The van der Waals surface area contributed by atoms with E-state index in [0.717, 1.165) is 32.5 Å².